The Morgan fingerprint density at radius 1 is 1.03 bits per heavy atom. The van der Waals surface area contributed by atoms with E-state index in [2.05, 4.69) is 10.6 Å². The molecule has 0 bridgehead atoms. The van der Waals surface area contributed by atoms with E-state index in [-0.39, 0.29) is 64.8 Å². The normalized spacial score (nSPS) is 10.9. The van der Waals surface area contributed by atoms with Gasteiger partial charge in [0.2, 0.25) is 0 Å². The molecule has 0 radical (unpaired) electrons. The Balaban J connectivity index is 0.00000289. The van der Waals surface area contributed by atoms with Gasteiger partial charge in [0.15, 0.2) is 0 Å². The van der Waals surface area contributed by atoms with Gasteiger partial charge in [0.1, 0.15) is 5.69 Å². The predicted molar refractivity (Wildman–Crippen MR) is 117 cm³/mol. The molecule has 8 nitrogen and oxygen atoms in total. The molecule has 34 heavy (non-hydrogen) atoms. The van der Waals surface area contributed by atoms with Gasteiger partial charge < -0.3 is 30.2 Å². The average Bonchev–Trinajstić information content (AvgIpc) is 2.79. The summed E-state index contributed by atoms with van der Waals surface area (Å²) >= 11 is 0. The number of aryl methyl sites for hydroxylation is 2. The molecule has 1 aromatic heterocycles. The first-order chi connectivity index (χ1) is 15.3. The van der Waals surface area contributed by atoms with Crippen LogP contribution >= 0.6 is 0 Å². The molecule has 1 heterocycles. The molecule has 0 saturated heterocycles. The van der Waals surface area contributed by atoms with E-state index >= 15 is 0 Å². The summed E-state index contributed by atoms with van der Waals surface area (Å²) in [7, 11) is 0. The quantitative estimate of drug-likeness (QED) is 0.334. The number of carboxylic acids is 1. The molecule has 2 N–H and O–H groups in total. The van der Waals surface area contributed by atoms with Gasteiger partial charge in [0, 0.05) is 25.1 Å². The van der Waals surface area contributed by atoms with Gasteiger partial charge in [-0.25, -0.2) is 4.79 Å². The fraction of sp³-hybridized carbons (Fsp3) is 0.208. The summed E-state index contributed by atoms with van der Waals surface area (Å²) in [6, 6.07) is 14.8. The zero-order valence-corrected chi connectivity index (χ0v) is 23.8. The van der Waals surface area contributed by atoms with Crippen LogP contribution in [0.5, 0.6) is 5.75 Å². The van der Waals surface area contributed by atoms with E-state index in [0.717, 1.165) is 11.1 Å². The number of hydrogen-bond acceptors (Lipinski definition) is 5. The van der Waals surface area contributed by atoms with E-state index < -0.39 is 35.8 Å². The average molecular weight is 479 g/mol. The van der Waals surface area contributed by atoms with Gasteiger partial charge >= 0.3 is 65.1 Å². The van der Waals surface area contributed by atoms with Crippen LogP contribution in [0, 0.1) is 6.92 Å². The molecule has 3 aromatic rings. The summed E-state index contributed by atoms with van der Waals surface area (Å²) in [6.45, 7) is 3.62. The molecule has 0 aliphatic carbocycles. The Bertz CT molecular complexity index is 1200. The SMILES string of the molecule is CCn1cc(C)c([O-])c(NC(=O)N[C@@H](CC(=O)[O-])c2cccc(-c3ccccc3)c2)c1=O.[Na+].[Na+]. The first-order valence-electron chi connectivity index (χ1n) is 10.1. The topological polar surface area (TPSA) is 126 Å². The van der Waals surface area contributed by atoms with Gasteiger partial charge in [0.05, 0.1) is 6.04 Å². The maximum Gasteiger partial charge on any atom is 1.00 e. The van der Waals surface area contributed by atoms with Gasteiger partial charge in [-0.2, -0.15) is 0 Å². The van der Waals surface area contributed by atoms with Crippen molar-refractivity contribution in [2.24, 2.45) is 0 Å². The number of nitrogens with zero attached hydrogens (tertiary/aromatic N) is 1. The van der Waals surface area contributed by atoms with Crippen LogP contribution in [0.2, 0.25) is 0 Å². The molecule has 1 atom stereocenters. The van der Waals surface area contributed by atoms with Crippen molar-refractivity contribution in [3.63, 3.8) is 0 Å². The molecule has 3 rings (SSSR count). The summed E-state index contributed by atoms with van der Waals surface area (Å²) in [4.78, 5) is 36.4. The third-order valence-electron chi connectivity index (χ3n) is 5.06. The number of amides is 2. The molecule has 2 amide bonds. The third-order valence-corrected chi connectivity index (χ3v) is 5.06. The Morgan fingerprint density at radius 3 is 2.29 bits per heavy atom. The number of aromatic nitrogens is 1. The Kier molecular flexibility index (Phi) is 12.1. The number of carbonyl (C=O) groups excluding carboxylic acids is 2. The van der Waals surface area contributed by atoms with Gasteiger partial charge in [-0.1, -0.05) is 54.3 Å². The smallest absolute Gasteiger partial charge is 0.871 e. The molecule has 0 fully saturated rings. The fourth-order valence-electron chi connectivity index (χ4n) is 3.43. The first kappa shape index (κ1) is 30.0. The number of urea groups is 1. The summed E-state index contributed by atoms with van der Waals surface area (Å²) in [5, 5.41) is 28.5. The molecule has 0 aliphatic heterocycles. The van der Waals surface area contributed by atoms with Crippen molar-refractivity contribution in [3.8, 4) is 16.9 Å². The number of benzene rings is 2. The minimum atomic E-state index is -1.35. The maximum atomic E-state index is 12.6. The number of carboxylic acid groups (broad SMARTS) is 1. The molecular formula is C24H23N3Na2O5. The van der Waals surface area contributed by atoms with Crippen LogP contribution in [0.25, 0.3) is 11.1 Å². The zero-order valence-electron chi connectivity index (χ0n) is 19.8. The second-order valence-electron chi connectivity index (χ2n) is 7.33. The number of anilines is 1. The van der Waals surface area contributed by atoms with Crippen LogP contribution < -0.4 is 85.5 Å². The van der Waals surface area contributed by atoms with Crippen LogP contribution in [0.4, 0.5) is 10.5 Å². The van der Waals surface area contributed by atoms with Crippen molar-refractivity contribution < 1.29 is 78.9 Å². The Morgan fingerprint density at radius 2 is 1.68 bits per heavy atom. The van der Waals surface area contributed by atoms with E-state index in [4.69, 9.17) is 0 Å². The van der Waals surface area contributed by atoms with Gasteiger partial charge in [0.25, 0.3) is 5.56 Å². The van der Waals surface area contributed by atoms with E-state index in [1.807, 2.05) is 36.4 Å². The van der Waals surface area contributed by atoms with Crippen molar-refractivity contribution in [3.05, 3.63) is 82.3 Å². The van der Waals surface area contributed by atoms with E-state index in [0.29, 0.717) is 17.7 Å². The van der Waals surface area contributed by atoms with Crippen molar-refractivity contribution in [1.29, 1.82) is 0 Å². The number of carbonyl (C=O) groups is 2. The summed E-state index contributed by atoms with van der Waals surface area (Å²) < 4.78 is 1.31. The first-order valence-corrected chi connectivity index (χ1v) is 10.1. The molecule has 0 spiro atoms. The molecule has 10 heteroatoms. The van der Waals surface area contributed by atoms with E-state index in [9.17, 15) is 24.6 Å². The van der Waals surface area contributed by atoms with Crippen LogP contribution in [-0.4, -0.2) is 16.6 Å². The van der Waals surface area contributed by atoms with Crippen molar-refractivity contribution in [2.45, 2.75) is 32.9 Å². The number of pyridine rings is 1. The number of aliphatic carboxylic acids is 1. The number of nitrogens with one attached hydrogen (secondary N) is 2. The summed E-state index contributed by atoms with van der Waals surface area (Å²) in [5.41, 5.74) is 1.63. The molecule has 2 aromatic carbocycles. The second-order valence-corrected chi connectivity index (χ2v) is 7.33. The monoisotopic (exact) mass is 479 g/mol. The van der Waals surface area contributed by atoms with E-state index in [1.54, 1.807) is 32.0 Å². The zero-order chi connectivity index (χ0) is 23.3. The third kappa shape index (κ3) is 7.46. The van der Waals surface area contributed by atoms with Crippen LogP contribution in [0.15, 0.2) is 65.6 Å². The van der Waals surface area contributed by atoms with Crippen LogP contribution in [0.3, 0.4) is 0 Å². The standard InChI is InChI=1S/C24H25N3O5.2Na/c1-3-27-14-15(2)22(30)21(23(27)31)26-24(32)25-19(13-20(28)29)18-11-7-10-17(12-18)16-8-5-4-6-9-16;;/h4-12,14,19,30H,3,13H2,1-2H3,(H,28,29)(H2,25,26,32);;/q;2*+1/p-2/t19-;;/m0../s1. The maximum absolute atomic E-state index is 12.6. The fourth-order valence-corrected chi connectivity index (χ4v) is 3.43. The Labute approximate surface area is 242 Å². The van der Waals surface area contributed by atoms with Gasteiger partial charge in [-0.15, -0.1) is 0 Å². The minimum absolute atomic E-state index is 0. The molecular weight excluding hydrogens is 456 g/mol. The van der Waals surface area contributed by atoms with E-state index in [1.165, 1.54) is 10.8 Å². The summed E-state index contributed by atoms with van der Waals surface area (Å²) in [6.07, 6.45) is 0.949. The largest absolute Gasteiger partial charge is 1.00 e. The minimum Gasteiger partial charge on any atom is -0.871 e. The van der Waals surface area contributed by atoms with Crippen LogP contribution in [-0.2, 0) is 11.3 Å². The Hall–Kier alpha value is -2.07. The number of rotatable bonds is 7. The van der Waals surface area contributed by atoms with Crippen molar-refractivity contribution >= 4 is 17.7 Å². The predicted octanol–water partition coefficient (Wildman–Crippen LogP) is -4.07. The summed E-state index contributed by atoms with van der Waals surface area (Å²) in [5.74, 6) is -1.94. The molecule has 0 unspecified atom stereocenters. The second kappa shape index (κ2) is 13.7. The number of hydrogen-bond donors (Lipinski definition) is 2. The van der Waals surface area contributed by atoms with Gasteiger partial charge in [-0.05, 0) is 42.2 Å². The van der Waals surface area contributed by atoms with Crippen molar-refractivity contribution in [2.75, 3.05) is 5.32 Å². The molecule has 166 valence electrons. The molecule has 0 aliphatic rings. The van der Waals surface area contributed by atoms with Crippen LogP contribution in [0.1, 0.15) is 30.5 Å². The van der Waals surface area contributed by atoms with Gasteiger partial charge in [-0.3, -0.25) is 4.79 Å². The van der Waals surface area contributed by atoms with Crippen molar-refractivity contribution in [1.82, 2.24) is 9.88 Å². The molecule has 0 saturated carbocycles.